The SMILES string of the molecule is COC(=O)[C@@H]1C[C@@H](OC(C)(C)CCCO)CN1C(=O)[C@@H](NC(=O)Cc1cccc(O)c1)C1CCCCC1. The molecule has 2 aliphatic rings. The van der Waals surface area contributed by atoms with E-state index in [-0.39, 0.29) is 49.2 Å². The van der Waals surface area contributed by atoms with Gasteiger partial charge in [0, 0.05) is 19.6 Å². The molecule has 0 spiro atoms. The molecule has 2 fully saturated rings. The Morgan fingerprint density at radius 3 is 2.57 bits per heavy atom. The molecular weight excluding hydrogens is 476 g/mol. The van der Waals surface area contributed by atoms with Gasteiger partial charge in [-0.3, -0.25) is 9.59 Å². The molecule has 37 heavy (non-hydrogen) atoms. The lowest BCUT2D eigenvalue weighted by atomic mass is 9.83. The van der Waals surface area contributed by atoms with E-state index < -0.39 is 23.7 Å². The van der Waals surface area contributed by atoms with Crippen molar-refractivity contribution in [2.45, 2.75) is 95.4 Å². The molecule has 0 unspecified atom stereocenters. The molecule has 1 saturated heterocycles. The van der Waals surface area contributed by atoms with Gasteiger partial charge in [0.05, 0.1) is 25.2 Å². The van der Waals surface area contributed by atoms with Crippen LogP contribution in [0.1, 0.15) is 70.8 Å². The van der Waals surface area contributed by atoms with Crippen LogP contribution in [-0.4, -0.2) is 76.9 Å². The molecule has 1 heterocycles. The van der Waals surface area contributed by atoms with Gasteiger partial charge in [-0.1, -0.05) is 31.4 Å². The number of aliphatic hydroxyl groups is 1. The van der Waals surface area contributed by atoms with Crippen LogP contribution in [0.25, 0.3) is 0 Å². The third kappa shape index (κ3) is 8.17. The summed E-state index contributed by atoms with van der Waals surface area (Å²) in [4.78, 5) is 41.2. The quantitative estimate of drug-likeness (QED) is 0.385. The number of methoxy groups -OCH3 is 1. The van der Waals surface area contributed by atoms with E-state index in [2.05, 4.69) is 5.32 Å². The number of benzene rings is 1. The fraction of sp³-hybridized carbons (Fsp3) is 0.679. The van der Waals surface area contributed by atoms with Gasteiger partial charge in [0.1, 0.15) is 17.8 Å². The summed E-state index contributed by atoms with van der Waals surface area (Å²) < 4.78 is 11.3. The number of carbonyl (C=O) groups excluding carboxylic acids is 3. The first kappa shape index (κ1) is 28.9. The number of nitrogens with one attached hydrogen (secondary N) is 1. The normalized spacial score (nSPS) is 21.5. The van der Waals surface area contributed by atoms with E-state index in [4.69, 9.17) is 9.47 Å². The number of hydrogen-bond acceptors (Lipinski definition) is 7. The first-order valence-electron chi connectivity index (χ1n) is 13.4. The number of esters is 1. The fourth-order valence-corrected chi connectivity index (χ4v) is 5.60. The van der Waals surface area contributed by atoms with Crippen LogP contribution in [0.5, 0.6) is 5.75 Å². The topological polar surface area (TPSA) is 125 Å². The van der Waals surface area contributed by atoms with Crippen molar-refractivity contribution in [2.24, 2.45) is 5.92 Å². The van der Waals surface area contributed by atoms with Gasteiger partial charge in [-0.25, -0.2) is 4.79 Å². The van der Waals surface area contributed by atoms with Gasteiger partial charge in [0.2, 0.25) is 11.8 Å². The average Bonchev–Trinajstić information content (AvgIpc) is 3.28. The number of aromatic hydroxyl groups is 1. The minimum Gasteiger partial charge on any atom is -0.508 e. The maximum Gasteiger partial charge on any atom is 0.328 e. The van der Waals surface area contributed by atoms with Crippen LogP contribution >= 0.6 is 0 Å². The van der Waals surface area contributed by atoms with Gasteiger partial charge < -0.3 is 29.9 Å². The molecule has 206 valence electrons. The van der Waals surface area contributed by atoms with E-state index in [9.17, 15) is 24.6 Å². The second-order valence-corrected chi connectivity index (χ2v) is 10.9. The van der Waals surface area contributed by atoms with Crippen LogP contribution in [0.2, 0.25) is 0 Å². The molecule has 0 bridgehead atoms. The molecule has 1 aliphatic carbocycles. The lowest BCUT2D eigenvalue weighted by Gasteiger charge is -2.34. The van der Waals surface area contributed by atoms with Crippen molar-refractivity contribution in [3.05, 3.63) is 29.8 Å². The van der Waals surface area contributed by atoms with Crippen molar-refractivity contribution in [3.63, 3.8) is 0 Å². The first-order chi connectivity index (χ1) is 17.6. The smallest absolute Gasteiger partial charge is 0.328 e. The van der Waals surface area contributed by atoms with Crippen LogP contribution in [0.15, 0.2) is 24.3 Å². The number of carbonyl (C=O) groups is 3. The number of nitrogens with zero attached hydrogens (tertiary/aromatic N) is 1. The minimum absolute atomic E-state index is 0.0198. The maximum absolute atomic E-state index is 14.0. The zero-order valence-corrected chi connectivity index (χ0v) is 22.3. The zero-order chi connectivity index (χ0) is 27.0. The van der Waals surface area contributed by atoms with Crippen LogP contribution < -0.4 is 5.32 Å². The van der Waals surface area contributed by atoms with E-state index in [0.717, 1.165) is 32.1 Å². The van der Waals surface area contributed by atoms with Crippen molar-refractivity contribution in [1.29, 1.82) is 0 Å². The first-order valence-corrected chi connectivity index (χ1v) is 13.4. The Hall–Kier alpha value is -2.65. The summed E-state index contributed by atoms with van der Waals surface area (Å²) in [5, 5.41) is 21.9. The number of ether oxygens (including phenoxy) is 2. The second kappa shape index (κ2) is 13.2. The van der Waals surface area contributed by atoms with E-state index >= 15 is 0 Å². The summed E-state index contributed by atoms with van der Waals surface area (Å²) in [6.45, 7) is 4.17. The molecule has 2 amide bonds. The molecule has 3 N–H and O–H groups in total. The average molecular weight is 519 g/mol. The number of phenols is 1. The molecule has 1 aliphatic heterocycles. The van der Waals surface area contributed by atoms with Gasteiger partial charge >= 0.3 is 5.97 Å². The molecule has 0 aromatic heterocycles. The summed E-state index contributed by atoms with van der Waals surface area (Å²) in [5.41, 5.74) is 0.130. The highest BCUT2D eigenvalue weighted by Crippen LogP contribution is 2.32. The third-order valence-corrected chi connectivity index (χ3v) is 7.42. The Labute approximate surface area is 219 Å². The van der Waals surface area contributed by atoms with E-state index in [1.165, 1.54) is 18.1 Å². The Balaban J connectivity index is 1.78. The van der Waals surface area contributed by atoms with E-state index in [1.807, 2.05) is 13.8 Å². The number of rotatable bonds is 11. The predicted octanol–water partition coefficient (Wildman–Crippen LogP) is 2.71. The highest BCUT2D eigenvalue weighted by Gasteiger charge is 2.46. The van der Waals surface area contributed by atoms with Crippen molar-refractivity contribution < 1.29 is 34.1 Å². The number of likely N-dealkylation sites (tertiary alicyclic amines) is 1. The largest absolute Gasteiger partial charge is 0.508 e. The molecule has 1 aromatic carbocycles. The van der Waals surface area contributed by atoms with Gasteiger partial charge in [-0.05, 0) is 63.1 Å². The molecule has 1 saturated carbocycles. The summed E-state index contributed by atoms with van der Waals surface area (Å²) in [6, 6.07) is 4.97. The maximum atomic E-state index is 14.0. The second-order valence-electron chi connectivity index (χ2n) is 10.9. The summed E-state index contributed by atoms with van der Waals surface area (Å²) in [6.07, 6.45) is 5.96. The van der Waals surface area contributed by atoms with Crippen LogP contribution in [0.3, 0.4) is 0 Å². The van der Waals surface area contributed by atoms with Gasteiger partial charge in [0.15, 0.2) is 0 Å². The monoisotopic (exact) mass is 518 g/mol. The predicted molar refractivity (Wildman–Crippen MR) is 138 cm³/mol. The standard InChI is InChI=1S/C28H42N2O7/c1-28(2,13-8-14-31)37-22-17-23(27(35)36-3)30(18-22)26(34)25(20-10-5-4-6-11-20)29-24(33)16-19-9-7-12-21(32)15-19/h7,9,12,15,20,22-23,25,31-32H,4-6,8,10-11,13-14,16-18H2,1-3H3,(H,29,33)/t22-,23+,25+/m1/s1. The number of hydrogen-bond donors (Lipinski definition) is 3. The number of amides is 2. The minimum atomic E-state index is -0.787. The zero-order valence-electron chi connectivity index (χ0n) is 22.3. The molecule has 0 radical (unpaired) electrons. The molecule has 9 nitrogen and oxygen atoms in total. The fourth-order valence-electron chi connectivity index (χ4n) is 5.60. The van der Waals surface area contributed by atoms with Gasteiger partial charge in [-0.2, -0.15) is 0 Å². The van der Waals surface area contributed by atoms with Crippen LogP contribution in [-0.2, 0) is 30.3 Å². The Bertz CT molecular complexity index is 929. The van der Waals surface area contributed by atoms with Crippen molar-refractivity contribution in [1.82, 2.24) is 10.2 Å². The van der Waals surface area contributed by atoms with Gasteiger partial charge in [-0.15, -0.1) is 0 Å². The third-order valence-electron chi connectivity index (χ3n) is 7.42. The molecule has 1 aromatic rings. The molecule has 9 heteroatoms. The molecule has 3 atom stereocenters. The highest BCUT2D eigenvalue weighted by molar-refractivity contribution is 5.92. The number of phenolic OH excluding ortho intramolecular Hbond substituents is 1. The van der Waals surface area contributed by atoms with Crippen LogP contribution in [0, 0.1) is 5.92 Å². The Kier molecular flexibility index (Phi) is 10.3. The van der Waals surface area contributed by atoms with Crippen molar-refractivity contribution in [2.75, 3.05) is 20.3 Å². The summed E-state index contributed by atoms with van der Waals surface area (Å²) in [7, 11) is 1.31. The molecular formula is C28H42N2O7. The lowest BCUT2D eigenvalue weighted by Crippen LogP contribution is -2.55. The lowest BCUT2D eigenvalue weighted by molar-refractivity contribution is -0.152. The molecule has 3 rings (SSSR count). The van der Waals surface area contributed by atoms with E-state index in [1.54, 1.807) is 18.2 Å². The highest BCUT2D eigenvalue weighted by atomic mass is 16.5. The van der Waals surface area contributed by atoms with Gasteiger partial charge in [0.25, 0.3) is 0 Å². The Morgan fingerprint density at radius 2 is 1.92 bits per heavy atom. The van der Waals surface area contributed by atoms with Crippen molar-refractivity contribution in [3.8, 4) is 5.75 Å². The summed E-state index contributed by atoms with van der Waals surface area (Å²) >= 11 is 0. The number of aliphatic hydroxyl groups excluding tert-OH is 1. The summed E-state index contributed by atoms with van der Waals surface area (Å²) in [5.74, 6) is -1.03. The van der Waals surface area contributed by atoms with Crippen molar-refractivity contribution >= 4 is 17.8 Å². The van der Waals surface area contributed by atoms with Crippen LogP contribution in [0.4, 0.5) is 0 Å². The Morgan fingerprint density at radius 1 is 1.19 bits per heavy atom. The van der Waals surface area contributed by atoms with E-state index in [0.29, 0.717) is 24.8 Å².